The minimum atomic E-state index is 0.129. The number of hydrogen-bond donors (Lipinski definition) is 0. The second-order valence-corrected chi connectivity index (χ2v) is 9.29. The number of amides is 1. The average molecular weight is 400 g/mol. The summed E-state index contributed by atoms with van der Waals surface area (Å²) in [6.45, 7) is 7.25. The molecule has 6 heteroatoms. The fraction of sp³-hybridized carbons (Fsp3) is 0.739. The van der Waals surface area contributed by atoms with Gasteiger partial charge in [0.05, 0.1) is 17.2 Å². The van der Waals surface area contributed by atoms with Crippen LogP contribution in [0, 0.1) is 12.8 Å². The Balaban J connectivity index is 1.21. The predicted molar refractivity (Wildman–Crippen MR) is 110 cm³/mol. The Hall–Kier alpha value is -1.50. The molecule has 0 N–H and O–H groups in total. The van der Waals surface area contributed by atoms with Crippen molar-refractivity contribution in [2.45, 2.75) is 63.1 Å². The van der Waals surface area contributed by atoms with Crippen molar-refractivity contribution in [1.82, 2.24) is 14.8 Å². The number of nitrogens with zero attached hydrogens (tertiary/aromatic N) is 3. The molecule has 158 valence electrons. The summed E-state index contributed by atoms with van der Waals surface area (Å²) in [4.78, 5) is 21.9. The van der Waals surface area contributed by atoms with Crippen LogP contribution >= 0.6 is 0 Å². The van der Waals surface area contributed by atoms with Gasteiger partial charge in [0.1, 0.15) is 0 Å². The molecule has 1 saturated carbocycles. The van der Waals surface area contributed by atoms with E-state index < -0.39 is 0 Å². The summed E-state index contributed by atoms with van der Waals surface area (Å²) in [6.07, 6.45) is 9.05. The van der Waals surface area contributed by atoms with E-state index in [0.717, 1.165) is 82.3 Å². The summed E-state index contributed by atoms with van der Waals surface area (Å²) in [5.74, 6) is 0.940. The van der Waals surface area contributed by atoms with Crippen LogP contribution in [0.5, 0.6) is 0 Å². The van der Waals surface area contributed by atoms with Crippen molar-refractivity contribution in [1.29, 1.82) is 0 Å². The van der Waals surface area contributed by atoms with Crippen molar-refractivity contribution in [3.8, 4) is 0 Å². The van der Waals surface area contributed by atoms with Gasteiger partial charge in [0.25, 0.3) is 5.91 Å². The van der Waals surface area contributed by atoms with Gasteiger partial charge in [-0.1, -0.05) is 0 Å². The summed E-state index contributed by atoms with van der Waals surface area (Å²) >= 11 is 0. The lowest BCUT2D eigenvalue weighted by Gasteiger charge is -2.63. The molecule has 1 aromatic rings. The molecule has 4 heterocycles. The summed E-state index contributed by atoms with van der Waals surface area (Å²) in [6, 6.07) is 4.29. The molecule has 1 amide bonds. The van der Waals surface area contributed by atoms with Crippen molar-refractivity contribution in [3.05, 3.63) is 29.6 Å². The number of aryl methyl sites for hydroxylation is 1. The van der Waals surface area contributed by atoms with Crippen LogP contribution in [-0.2, 0) is 9.47 Å². The van der Waals surface area contributed by atoms with Gasteiger partial charge in [-0.05, 0) is 63.5 Å². The first-order valence-corrected chi connectivity index (χ1v) is 11.3. The highest BCUT2D eigenvalue weighted by Crippen LogP contribution is 2.45. The summed E-state index contributed by atoms with van der Waals surface area (Å²) < 4.78 is 12.1. The molecule has 0 aromatic carbocycles. The molecule has 6 nitrogen and oxygen atoms in total. The fourth-order valence-corrected chi connectivity index (χ4v) is 5.46. The van der Waals surface area contributed by atoms with Crippen molar-refractivity contribution in [3.63, 3.8) is 0 Å². The molecule has 3 aliphatic heterocycles. The van der Waals surface area contributed by atoms with Crippen molar-refractivity contribution < 1.29 is 14.3 Å². The van der Waals surface area contributed by atoms with E-state index in [0.29, 0.717) is 12.1 Å². The summed E-state index contributed by atoms with van der Waals surface area (Å²) in [7, 11) is 0. The lowest BCUT2D eigenvalue weighted by atomic mass is 9.73. The zero-order valence-corrected chi connectivity index (χ0v) is 17.5. The van der Waals surface area contributed by atoms with Crippen LogP contribution < -0.4 is 0 Å². The first kappa shape index (κ1) is 19.5. The van der Waals surface area contributed by atoms with Crippen LogP contribution in [0.15, 0.2) is 18.3 Å². The third-order valence-corrected chi connectivity index (χ3v) is 7.55. The molecule has 3 saturated heterocycles. The Bertz CT molecular complexity index is 737. The number of piperidine rings is 1. The number of ether oxygens (including phenoxy) is 2. The van der Waals surface area contributed by atoms with Gasteiger partial charge in [-0.2, -0.15) is 0 Å². The minimum Gasteiger partial charge on any atom is -0.381 e. The van der Waals surface area contributed by atoms with E-state index in [4.69, 9.17) is 9.47 Å². The van der Waals surface area contributed by atoms with Crippen LogP contribution in [0.4, 0.5) is 0 Å². The number of aromatic nitrogens is 1. The Morgan fingerprint density at radius 1 is 1.24 bits per heavy atom. The number of carbonyl (C=O) groups is 1. The number of rotatable bonds is 5. The van der Waals surface area contributed by atoms with Crippen LogP contribution in [-0.4, -0.2) is 77.8 Å². The van der Waals surface area contributed by atoms with E-state index in [1.54, 1.807) is 6.20 Å². The third kappa shape index (κ3) is 3.71. The minimum absolute atomic E-state index is 0.129. The molecule has 0 radical (unpaired) electrons. The van der Waals surface area contributed by atoms with Crippen molar-refractivity contribution in [2.24, 2.45) is 5.92 Å². The maximum Gasteiger partial charge on any atom is 0.255 e. The normalized spacial score (nSPS) is 27.8. The fourth-order valence-electron chi connectivity index (χ4n) is 5.46. The van der Waals surface area contributed by atoms with Gasteiger partial charge in [0.15, 0.2) is 0 Å². The number of hydrogen-bond acceptors (Lipinski definition) is 5. The van der Waals surface area contributed by atoms with Gasteiger partial charge in [-0.3, -0.25) is 14.7 Å². The van der Waals surface area contributed by atoms with E-state index in [-0.39, 0.29) is 11.4 Å². The standard InChI is InChI=1S/C23H33N3O3/c1-17-20(3-2-10-24-17)22(27)25-11-6-19(7-12-25)26-15-21(29-16-18-4-5-18)23(26)8-13-28-14-9-23/h2-3,10,18-19,21H,4-9,11-16H2,1H3. The molecule has 1 aliphatic carbocycles. The Morgan fingerprint density at radius 3 is 2.69 bits per heavy atom. The lowest BCUT2D eigenvalue weighted by molar-refractivity contribution is -0.217. The van der Waals surface area contributed by atoms with Gasteiger partial charge < -0.3 is 14.4 Å². The van der Waals surface area contributed by atoms with E-state index in [2.05, 4.69) is 9.88 Å². The average Bonchev–Trinajstić information content (AvgIpc) is 3.58. The van der Waals surface area contributed by atoms with E-state index in [1.165, 1.54) is 12.8 Å². The highest BCUT2D eigenvalue weighted by Gasteiger charge is 2.57. The zero-order chi connectivity index (χ0) is 19.8. The predicted octanol–water partition coefficient (Wildman–Crippen LogP) is 2.65. The van der Waals surface area contributed by atoms with E-state index in [9.17, 15) is 4.79 Å². The molecular formula is C23H33N3O3. The molecule has 1 spiro atoms. The Kier molecular flexibility index (Phi) is 5.35. The van der Waals surface area contributed by atoms with Gasteiger partial charge in [-0.25, -0.2) is 0 Å². The molecule has 1 atom stereocenters. The van der Waals surface area contributed by atoms with Gasteiger partial charge in [-0.15, -0.1) is 0 Å². The van der Waals surface area contributed by atoms with Crippen LogP contribution in [0.2, 0.25) is 0 Å². The highest BCUT2D eigenvalue weighted by atomic mass is 16.5. The maximum absolute atomic E-state index is 12.9. The highest BCUT2D eigenvalue weighted by molar-refractivity contribution is 5.95. The number of likely N-dealkylation sites (tertiary alicyclic amines) is 2. The molecule has 0 bridgehead atoms. The van der Waals surface area contributed by atoms with E-state index in [1.807, 2.05) is 24.0 Å². The zero-order valence-electron chi connectivity index (χ0n) is 17.5. The first-order chi connectivity index (χ1) is 14.2. The SMILES string of the molecule is Cc1ncccc1C(=O)N1CCC(N2CC(OCC3CC3)C23CCOCC3)CC1. The smallest absolute Gasteiger partial charge is 0.255 e. The van der Waals surface area contributed by atoms with Crippen molar-refractivity contribution >= 4 is 5.91 Å². The van der Waals surface area contributed by atoms with Gasteiger partial charge in [0.2, 0.25) is 0 Å². The first-order valence-electron chi connectivity index (χ1n) is 11.3. The van der Waals surface area contributed by atoms with Gasteiger partial charge >= 0.3 is 0 Å². The topological polar surface area (TPSA) is 54.9 Å². The summed E-state index contributed by atoms with van der Waals surface area (Å²) in [5.41, 5.74) is 1.73. The van der Waals surface area contributed by atoms with Gasteiger partial charge in [0, 0.05) is 57.4 Å². The molecule has 1 unspecified atom stereocenters. The second-order valence-electron chi connectivity index (χ2n) is 9.29. The number of carbonyl (C=O) groups excluding carboxylic acids is 1. The summed E-state index contributed by atoms with van der Waals surface area (Å²) in [5, 5.41) is 0. The molecule has 1 aromatic heterocycles. The van der Waals surface area contributed by atoms with Crippen LogP contribution in [0.1, 0.15) is 54.6 Å². The Labute approximate surface area is 173 Å². The van der Waals surface area contributed by atoms with Crippen LogP contribution in [0.3, 0.4) is 0 Å². The third-order valence-electron chi connectivity index (χ3n) is 7.55. The largest absolute Gasteiger partial charge is 0.381 e. The van der Waals surface area contributed by atoms with Crippen molar-refractivity contribution in [2.75, 3.05) is 39.5 Å². The molecule has 4 fully saturated rings. The molecule has 4 aliphatic rings. The molecular weight excluding hydrogens is 366 g/mol. The maximum atomic E-state index is 12.9. The molecule has 29 heavy (non-hydrogen) atoms. The lowest BCUT2D eigenvalue weighted by Crippen LogP contribution is -2.76. The monoisotopic (exact) mass is 399 g/mol. The van der Waals surface area contributed by atoms with E-state index >= 15 is 0 Å². The molecule has 5 rings (SSSR count). The quantitative estimate of drug-likeness (QED) is 0.762. The van der Waals surface area contributed by atoms with Crippen LogP contribution in [0.25, 0.3) is 0 Å². The number of pyridine rings is 1. The second kappa shape index (κ2) is 7.97. The Morgan fingerprint density at radius 2 is 2.00 bits per heavy atom.